The normalized spacial score (nSPS) is 9.83. The first kappa shape index (κ1) is 23.3. The Kier molecular flexibility index (Phi) is 17.6. The fourth-order valence-electron chi connectivity index (χ4n) is 0. The van der Waals surface area contributed by atoms with Gasteiger partial charge in [-0.05, 0) is 0 Å². The number of halogens is 4. The van der Waals surface area contributed by atoms with Crippen LogP contribution in [-0.4, -0.2) is 20.6 Å². The van der Waals surface area contributed by atoms with Gasteiger partial charge in [-0.2, -0.15) is 4.21 Å². The van der Waals surface area contributed by atoms with Crippen LogP contribution < -0.4 is 0 Å². The van der Waals surface area contributed by atoms with Crippen LogP contribution in [0.1, 0.15) is 0 Å². The molecule has 12 heteroatoms. The molecule has 12 heavy (non-hydrogen) atoms. The molecule has 0 aliphatic rings. The van der Waals surface area contributed by atoms with E-state index < -0.39 is 16.3 Å². The Morgan fingerprint density at radius 3 is 1.17 bits per heavy atom. The van der Waals surface area contributed by atoms with Gasteiger partial charge in [-0.3, -0.25) is 9.11 Å². The van der Waals surface area contributed by atoms with Gasteiger partial charge >= 0.3 is 28.3 Å². The number of hydrogen-bond donors (Lipinski definition) is 2. The molecule has 3 nitrogen and oxygen atoms in total. The first-order chi connectivity index (χ1) is 4.00. The molecule has 2 N–H and O–H groups in total. The van der Waals surface area contributed by atoms with Crippen molar-refractivity contribution in [2.75, 3.05) is 0 Å². The maximum absolute atomic E-state index is 9.75. The second-order valence-electron chi connectivity index (χ2n) is 0.943. The van der Waals surface area contributed by atoms with Gasteiger partial charge in [0.2, 0.25) is 0 Å². The molecule has 0 heterocycles. The summed E-state index contributed by atoms with van der Waals surface area (Å²) in [6.45, 7) is 0. The SMILES string of the molecule is F[B-](F)(F)F.O=S(O)(O)=S.[Pt+2].[Pt]. The van der Waals surface area contributed by atoms with Crippen LogP contribution in [0.4, 0.5) is 17.3 Å². The molecule has 0 saturated heterocycles. The van der Waals surface area contributed by atoms with Crippen molar-refractivity contribution in [3.05, 3.63) is 0 Å². The standard InChI is InChI=1S/BF4.H2O3S2.2Pt/c2-1(3,4)5;1-5(2,3)4;;/h;(H2,1,2,3,4);;/q-1;;;+2. The molecule has 0 radical (unpaired) electrons. The maximum atomic E-state index is 9.75. The van der Waals surface area contributed by atoms with Gasteiger partial charge in [-0.25, -0.2) is 0 Å². The van der Waals surface area contributed by atoms with Gasteiger partial charge in [0, 0.05) is 32.3 Å². The summed E-state index contributed by atoms with van der Waals surface area (Å²) in [6.07, 6.45) is 0. The zero-order chi connectivity index (χ0) is 9.00. The van der Waals surface area contributed by atoms with E-state index >= 15 is 0 Å². The fourth-order valence-corrected chi connectivity index (χ4v) is 0. The molecule has 0 unspecified atom stereocenters. The number of hydrogen-bond acceptors (Lipinski definition) is 2. The molecule has 0 aromatic rings. The third-order valence-corrected chi connectivity index (χ3v) is 0. The summed E-state index contributed by atoms with van der Waals surface area (Å²) in [5.41, 5.74) is 0. The van der Waals surface area contributed by atoms with Crippen molar-refractivity contribution in [3.63, 3.8) is 0 Å². The van der Waals surface area contributed by atoms with Gasteiger partial charge in [0.05, 0.1) is 0 Å². The summed E-state index contributed by atoms with van der Waals surface area (Å²) < 4.78 is 63.0. The largest absolute Gasteiger partial charge is 2.00 e. The van der Waals surface area contributed by atoms with Gasteiger partial charge in [-0.1, -0.05) is 0 Å². The molecule has 0 aliphatic heterocycles. The van der Waals surface area contributed by atoms with Gasteiger partial charge in [0.1, 0.15) is 0 Å². The van der Waals surface area contributed by atoms with Crippen molar-refractivity contribution in [1.29, 1.82) is 0 Å². The average Bonchev–Trinajstić information content (AvgIpc) is 1.12. The molecular weight excluding hydrogens is 589 g/mol. The topological polar surface area (TPSA) is 57.5 Å². The maximum Gasteiger partial charge on any atom is 2.00 e. The summed E-state index contributed by atoms with van der Waals surface area (Å²) >= 11 is 3.47. The summed E-state index contributed by atoms with van der Waals surface area (Å²) in [5.74, 6) is 0. The van der Waals surface area contributed by atoms with Crippen molar-refractivity contribution in [1.82, 2.24) is 0 Å². The van der Waals surface area contributed by atoms with Crippen LogP contribution in [0.15, 0.2) is 0 Å². The summed E-state index contributed by atoms with van der Waals surface area (Å²) in [6, 6.07) is 0. The Morgan fingerprint density at radius 1 is 1.17 bits per heavy atom. The Balaban J connectivity index is -0.0000000457. The molecule has 0 aromatic carbocycles. The van der Waals surface area contributed by atoms with Crippen molar-refractivity contribution < 1.29 is 72.7 Å². The molecule has 0 rings (SSSR count). The molecule has 82 valence electrons. The average molecular weight is 591 g/mol. The Hall–Kier alpha value is 1.45. The zero-order valence-electron chi connectivity index (χ0n) is 4.84. The van der Waals surface area contributed by atoms with Gasteiger partial charge in [0.15, 0.2) is 0 Å². The molecule has 0 amide bonds. The molecule has 0 saturated carbocycles. The zero-order valence-corrected chi connectivity index (χ0v) is 11.0. The van der Waals surface area contributed by atoms with Gasteiger partial charge < -0.3 is 17.3 Å². The van der Waals surface area contributed by atoms with E-state index in [1.165, 1.54) is 0 Å². The smallest absolute Gasteiger partial charge is 0.418 e. The molecule has 0 fully saturated rings. The van der Waals surface area contributed by atoms with Crippen LogP contribution in [0.3, 0.4) is 0 Å². The Morgan fingerprint density at radius 2 is 1.17 bits per heavy atom. The second kappa shape index (κ2) is 9.02. The van der Waals surface area contributed by atoms with E-state index in [-0.39, 0.29) is 42.1 Å². The van der Waals surface area contributed by atoms with Crippen LogP contribution in [0.2, 0.25) is 0 Å². The third kappa shape index (κ3) is 594. The summed E-state index contributed by atoms with van der Waals surface area (Å²) in [4.78, 5) is 0. The van der Waals surface area contributed by atoms with E-state index in [0.29, 0.717) is 0 Å². The van der Waals surface area contributed by atoms with E-state index in [4.69, 9.17) is 13.3 Å². The van der Waals surface area contributed by atoms with E-state index in [1.807, 2.05) is 0 Å². The fraction of sp³-hybridized carbons (Fsp3) is 0. The predicted octanol–water partition coefficient (Wildman–Crippen LogP) is 0.974. The first-order valence-corrected chi connectivity index (χ1v) is 3.97. The Labute approximate surface area is 99.6 Å². The third-order valence-electron chi connectivity index (χ3n) is 0. The van der Waals surface area contributed by atoms with E-state index in [0.717, 1.165) is 0 Å². The van der Waals surface area contributed by atoms with Crippen molar-refractivity contribution in [3.8, 4) is 0 Å². The molecule has 0 atom stereocenters. The summed E-state index contributed by atoms with van der Waals surface area (Å²) in [7, 11) is -9.83. The quantitative estimate of drug-likeness (QED) is 0.326. The van der Waals surface area contributed by atoms with Gasteiger partial charge in [-0.15, -0.1) is 0 Å². The predicted molar refractivity (Wildman–Crippen MR) is 31.0 cm³/mol. The minimum Gasteiger partial charge on any atom is -0.418 e. The van der Waals surface area contributed by atoms with E-state index in [1.54, 1.807) is 0 Å². The van der Waals surface area contributed by atoms with Crippen LogP contribution in [0, 0.1) is 0 Å². The second-order valence-corrected chi connectivity index (χ2v) is 3.14. The van der Waals surface area contributed by atoms with Crippen LogP contribution in [-0.2, 0) is 62.4 Å². The molecule has 0 bridgehead atoms. The number of rotatable bonds is 0. The van der Waals surface area contributed by atoms with Crippen LogP contribution in [0.5, 0.6) is 0 Å². The molecule has 0 aliphatic carbocycles. The van der Waals surface area contributed by atoms with Crippen molar-refractivity contribution in [2.24, 2.45) is 0 Å². The minimum absolute atomic E-state index is 0. The summed E-state index contributed by atoms with van der Waals surface area (Å²) in [5, 5.41) is 0. The molecular formula is H2BF4O3Pt2S2+. The van der Waals surface area contributed by atoms with E-state index in [2.05, 4.69) is 11.2 Å². The van der Waals surface area contributed by atoms with E-state index in [9.17, 15) is 17.3 Å². The monoisotopic (exact) mass is 591 g/mol. The van der Waals surface area contributed by atoms with Gasteiger partial charge in [0.25, 0.3) is 9.05 Å². The minimum atomic E-state index is -6.00. The molecule has 0 spiro atoms. The van der Waals surface area contributed by atoms with Crippen molar-refractivity contribution in [2.45, 2.75) is 0 Å². The van der Waals surface area contributed by atoms with Crippen LogP contribution >= 0.6 is 0 Å². The van der Waals surface area contributed by atoms with Crippen molar-refractivity contribution >= 4 is 27.5 Å². The Bertz CT molecular complexity index is 161. The molecule has 0 aromatic heterocycles. The van der Waals surface area contributed by atoms with Crippen LogP contribution in [0.25, 0.3) is 0 Å². The first-order valence-electron chi connectivity index (χ1n) is 1.57.